The van der Waals surface area contributed by atoms with Crippen molar-refractivity contribution < 1.29 is 9.53 Å². The molecule has 0 aliphatic carbocycles. The predicted octanol–water partition coefficient (Wildman–Crippen LogP) is 3.19. The average Bonchev–Trinajstić information content (AvgIpc) is 2.56. The molecule has 0 atom stereocenters. The quantitative estimate of drug-likeness (QED) is 0.827. The molecule has 0 spiro atoms. The summed E-state index contributed by atoms with van der Waals surface area (Å²) in [5, 5.41) is 2.49. The molecular weight excluding hydrogens is 222 g/mol. The van der Waals surface area contributed by atoms with E-state index in [1.165, 1.54) is 11.3 Å². The van der Waals surface area contributed by atoms with Gasteiger partial charge in [0.1, 0.15) is 5.00 Å². The summed E-state index contributed by atoms with van der Waals surface area (Å²) in [6, 6.07) is 0. The first-order chi connectivity index (χ1) is 7.38. The molecule has 0 aliphatic rings. The van der Waals surface area contributed by atoms with E-state index in [2.05, 4.69) is 20.8 Å². The molecule has 0 aliphatic heterocycles. The fourth-order valence-corrected chi connectivity index (χ4v) is 2.43. The second kappa shape index (κ2) is 4.87. The highest BCUT2D eigenvalue weighted by Crippen LogP contribution is 2.34. The minimum absolute atomic E-state index is 0.0886. The molecule has 1 aromatic rings. The molecule has 4 heteroatoms. The molecule has 0 fully saturated rings. The van der Waals surface area contributed by atoms with Crippen molar-refractivity contribution in [1.29, 1.82) is 0 Å². The number of hydrogen-bond acceptors (Lipinski definition) is 4. The van der Waals surface area contributed by atoms with Crippen molar-refractivity contribution >= 4 is 22.3 Å². The summed E-state index contributed by atoms with van der Waals surface area (Å²) in [6.45, 7) is 8.59. The van der Waals surface area contributed by atoms with Gasteiger partial charge in [-0.2, -0.15) is 0 Å². The summed E-state index contributed by atoms with van der Waals surface area (Å²) < 4.78 is 5.14. The van der Waals surface area contributed by atoms with Gasteiger partial charge in [0.15, 0.2) is 0 Å². The first-order valence-corrected chi connectivity index (χ1v) is 6.30. The van der Waals surface area contributed by atoms with Crippen LogP contribution >= 0.6 is 11.3 Å². The second-order valence-corrected chi connectivity index (χ2v) is 5.69. The summed E-state index contributed by atoms with van der Waals surface area (Å²) >= 11 is 1.40. The van der Waals surface area contributed by atoms with Gasteiger partial charge in [-0.15, -0.1) is 11.3 Å². The van der Waals surface area contributed by atoms with Crippen LogP contribution in [-0.4, -0.2) is 12.6 Å². The van der Waals surface area contributed by atoms with Gasteiger partial charge in [-0.05, 0) is 22.8 Å². The minimum Gasteiger partial charge on any atom is -0.462 e. The number of nitrogens with two attached hydrogens (primary N) is 1. The van der Waals surface area contributed by atoms with E-state index in [-0.39, 0.29) is 11.4 Å². The SMILES string of the molecule is CCCOC(=O)c1c(C(C)(C)C)csc1N. The van der Waals surface area contributed by atoms with Crippen molar-refractivity contribution in [3.8, 4) is 0 Å². The lowest BCUT2D eigenvalue weighted by molar-refractivity contribution is 0.0504. The third-order valence-corrected chi connectivity index (χ3v) is 3.08. The van der Waals surface area contributed by atoms with E-state index in [1.54, 1.807) is 0 Å². The van der Waals surface area contributed by atoms with Crippen molar-refractivity contribution in [3.05, 3.63) is 16.5 Å². The third-order valence-electron chi connectivity index (χ3n) is 2.27. The lowest BCUT2D eigenvalue weighted by Gasteiger charge is -2.19. The van der Waals surface area contributed by atoms with Gasteiger partial charge in [0.2, 0.25) is 0 Å². The Morgan fingerprint density at radius 1 is 1.50 bits per heavy atom. The fourth-order valence-electron chi connectivity index (χ4n) is 1.40. The molecule has 0 saturated heterocycles. The maximum atomic E-state index is 11.9. The molecule has 2 N–H and O–H groups in total. The van der Waals surface area contributed by atoms with Gasteiger partial charge in [-0.25, -0.2) is 4.79 Å². The molecule has 0 bridgehead atoms. The van der Waals surface area contributed by atoms with Crippen LogP contribution in [0.1, 0.15) is 50.0 Å². The van der Waals surface area contributed by atoms with Crippen molar-refractivity contribution in [3.63, 3.8) is 0 Å². The van der Waals surface area contributed by atoms with Crippen LogP contribution in [-0.2, 0) is 10.2 Å². The molecule has 0 aromatic carbocycles. The number of hydrogen-bond donors (Lipinski definition) is 1. The van der Waals surface area contributed by atoms with Crippen molar-refractivity contribution in [2.75, 3.05) is 12.3 Å². The summed E-state index contributed by atoms with van der Waals surface area (Å²) in [6.07, 6.45) is 0.820. The predicted molar refractivity (Wildman–Crippen MR) is 68.0 cm³/mol. The molecular formula is C12H19NO2S. The van der Waals surface area contributed by atoms with Gasteiger partial charge >= 0.3 is 5.97 Å². The van der Waals surface area contributed by atoms with Crippen LogP contribution in [0.25, 0.3) is 0 Å². The van der Waals surface area contributed by atoms with E-state index < -0.39 is 0 Å². The van der Waals surface area contributed by atoms with Gasteiger partial charge in [0.05, 0.1) is 12.2 Å². The molecule has 16 heavy (non-hydrogen) atoms. The highest BCUT2D eigenvalue weighted by molar-refractivity contribution is 7.14. The van der Waals surface area contributed by atoms with Crippen LogP contribution in [0, 0.1) is 0 Å². The maximum absolute atomic E-state index is 11.9. The van der Waals surface area contributed by atoms with E-state index in [9.17, 15) is 4.79 Å². The van der Waals surface area contributed by atoms with Gasteiger partial charge < -0.3 is 10.5 Å². The van der Waals surface area contributed by atoms with E-state index in [1.807, 2.05) is 12.3 Å². The summed E-state index contributed by atoms with van der Waals surface area (Å²) in [5.74, 6) is -0.300. The topological polar surface area (TPSA) is 52.3 Å². The molecule has 0 saturated carbocycles. The molecule has 90 valence electrons. The highest BCUT2D eigenvalue weighted by Gasteiger charge is 2.26. The Kier molecular flexibility index (Phi) is 3.97. The Hall–Kier alpha value is -1.03. The average molecular weight is 241 g/mol. The van der Waals surface area contributed by atoms with E-state index in [0.717, 1.165) is 12.0 Å². The number of carbonyl (C=O) groups excluding carboxylic acids is 1. The lowest BCUT2D eigenvalue weighted by Crippen LogP contribution is -2.17. The molecule has 0 radical (unpaired) electrons. The zero-order valence-electron chi connectivity index (χ0n) is 10.3. The summed E-state index contributed by atoms with van der Waals surface area (Å²) in [7, 11) is 0. The van der Waals surface area contributed by atoms with Crippen LogP contribution in [0.15, 0.2) is 5.38 Å². The van der Waals surface area contributed by atoms with E-state index in [4.69, 9.17) is 10.5 Å². The molecule has 0 unspecified atom stereocenters. The molecule has 1 rings (SSSR count). The van der Waals surface area contributed by atoms with Crippen LogP contribution in [0.4, 0.5) is 5.00 Å². The number of rotatable bonds is 3. The number of ether oxygens (including phenoxy) is 1. The van der Waals surface area contributed by atoms with Crippen LogP contribution in [0.5, 0.6) is 0 Å². The number of nitrogen functional groups attached to an aromatic ring is 1. The summed E-state index contributed by atoms with van der Waals surface area (Å²) in [5.41, 5.74) is 7.26. The van der Waals surface area contributed by atoms with Crippen LogP contribution < -0.4 is 5.73 Å². The molecule has 1 heterocycles. The van der Waals surface area contributed by atoms with Crippen molar-refractivity contribution in [2.24, 2.45) is 0 Å². The normalized spacial score (nSPS) is 11.5. The monoisotopic (exact) mass is 241 g/mol. The van der Waals surface area contributed by atoms with Gasteiger partial charge in [-0.3, -0.25) is 0 Å². The first-order valence-electron chi connectivity index (χ1n) is 5.42. The Morgan fingerprint density at radius 2 is 2.12 bits per heavy atom. The smallest absolute Gasteiger partial charge is 0.341 e. The standard InChI is InChI=1S/C12H19NO2S/c1-5-6-15-11(14)9-8(12(2,3)4)7-16-10(9)13/h7H,5-6,13H2,1-4H3. The molecule has 1 aromatic heterocycles. The Labute approximate surface area is 101 Å². The number of anilines is 1. The lowest BCUT2D eigenvalue weighted by atomic mass is 9.86. The van der Waals surface area contributed by atoms with Crippen molar-refractivity contribution in [1.82, 2.24) is 0 Å². The van der Waals surface area contributed by atoms with Crippen LogP contribution in [0.3, 0.4) is 0 Å². The van der Waals surface area contributed by atoms with Gasteiger partial charge in [0, 0.05) is 0 Å². The minimum atomic E-state index is -0.300. The van der Waals surface area contributed by atoms with E-state index >= 15 is 0 Å². The zero-order chi connectivity index (χ0) is 12.3. The number of esters is 1. The zero-order valence-corrected chi connectivity index (χ0v) is 11.1. The van der Waals surface area contributed by atoms with Gasteiger partial charge in [0.25, 0.3) is 0 Å². The summed E-state index contributed by atoms with van der Waals surface area (Å²) in [4.78, 5) is 11.9. The molecule has 0 amide bonds. The third kappa shape index (κ3) is 2.76. The molecule has 3 nitrogen and oxygen atoms in total. The Bertz CT molecular complexity index is 377. The fraction of sp³-hybridized carbons (Fsp3) is 0.583. The Morgan fingerprint density at radius 3 is 2.62 bits per heavy atom. The highest BCUT2D eigenvalue weighted by atomic mass is 32.1. The largest absolute Gasteiger partial charge is 0.462 e. The Balaban J connectivity index is 3.02. The maximum Gasteiger partial charge on any atom is 0.341 e. The van der Waals surface area contributed by atoms with Crippen LogP contribution in [0.2, 0.25) is 0 Å². The number of thiophene rings is 1. The van der Waals surface area contributed by atoms with Gasteiger partial charge in [-0.1, -0.05) is 27.7 Å². The van der Waals surface area contributed by atoms with Crippen molar-refractivity contribution in [2.45, 2.75) is 39.5 Å². The number of carbonyl (C=O) groups is 1. The van der Waals surface area contributed by atoms with E-state index in [0.29, 0.717) is 17.2 Å². The first kappa shape index (κ1) is 13.0. The second-order valence-electron chi connectivity index (χ2n) is 4.77.